The number of rotatable bonds is 3. The molecule has 1 aromatic carbocycles. The van der Waals surface area contributed by atoms with E-state index >= 15 is 0 Å². The van der Waals surface area contributed by atoms with E-state index in [1.54, 1.807) is 6.20 Å². The van der Waals surface area contributed by atoms with Gasteiger partial charge in [0, 0.05) is 35.4 Å². The molecule has 0 saturated heterocycles. The minimum absolute atomic E-state index is 0.315. The molecule has 24 heavy (non-hydrogen) atoms. The van der Waals surface area contributed by atoms with Gasteiger partial charge in [-0.2, -0.15) is 0 Å². The van der Waals surface area contributed by atoms with Crippen LogP contribution in [0.15, 0.2) is 47.3 Å². The number of furan rings is 1. The molecule has 0 aliphatic carbocycles. The lowest BCUT2D eigenvalue weighted by atomic mass is 10.1. The number of anilines is 1. The van der Waals surface area contributed by atoms with E-state index in [0.29, 0.717) is 17.9 Å². The van der Waals surface area contributed by atoms with E-state index in [1.807, 2.05) is 6.07 Å². The molecular weight excluding hydrogens is 298 g/mol. The molecule has 1 aliphatic rings. The van der Waals surface area contributed by atoms with Crippen molar-refractivity contribution in [2.45, 2.75) is 46.3 Å². The molecule has 4 nitrogen and oxygen atoms in total. The van der Waals surface area contributed by atoms with Crippen molar-refractivity contribution in [1.29, 1.82) is 0 Å². The highest BCUT2D eigenvalue weighted by atomic mass is 16.3. The van der Waals surface area contributed by atoms with Crippen LogP contribution < -0.4 is 4.90 Å². The number of fused-ring (bicyclic) bond motifs is 3. The number of aromatic nitrogens is 1. The number of hydrogen-bond donors (Lipinski definition) is 0. The molecule has 0 bridgehead atoms. The molecule has 1 atom stereocenters. The van der Waals surface area contributed by atoms with E-state index in [9.17, 15) is 0 Å². The Hall–Kier alpha value is -2.49. The van der Waals surface area contributed by atoms with Crippen molar-refractivity contribution in [1.82, 2.24) is 9.88 Å². The van der Waals surface area contributed by atoms with Crippen molar-refractivity contribution < 1.29 is 4.42 Å². The monoisotopic (exact) mass is 321 g/mol. The number of hydrogen-bond acceptors (Lipinski definition) is 4. The second-order valence-electron chi connectivity index (χ2n) is 6.70. The van der Waals surface area contributed by atoms with Crippen LogP contribution in [-0.4, -0.2) is 22.1 Å². The molecule has 4 heteroatoms. The summed E-state index contributed by atoms with van der Waals surface area (Å²) in [5.74, 6) is 0. The minimum atomic E-state index is 0.315. The lowest BCUT2D eigenvalue weighted by Gasteiger charge is -2.35. The molecule has 0 N–H and O–H groups in total. The van der Waals surface area contributed by atoms with Gasteiger partial charge in [0.1, 0.15) is 6.17 Å². The fraction of sp³-hybridized carbons (Fsp3) is 0.350. The Morgan fingerprint density at radius 1 is 1.17 bits per heavy atom. The Balaban J connectivity index is 1.93. The van der Waals surface area contributed by atoms with Crippen LogP contribution >= 0.6 is 0 Å². The van der Waals surface area contributed by atoms with Gasteiger partial charge in [0.05, 0.1) is 5.69 Å². The highest BCUT2D eigenvalue weighted by molar-refractivity contribution is 6.08. The largest absolute Gasteiger partial charge is 0.435 e. The predicted octanol–water partition coefficient (Wildman–Crippen LogP) is 5.03. The summed E-state index contributed by atoms with van der Waals surface area (Å²) < 4.78 is 6.16. The third-order valence-corrected chi connectivity index (χ3v) is 4.88. The molecule has 4 rings (SSSR count). The Morgan fingerprint density at radius 2 is 2.00 bits per heavy atom. The molecule has 0 amide bonds. The molecule has 0 radical (unpaired) electrons. The molecule has 3 aromatic rings. The van der Waals surface area contributed by atoms with Gasteiger partial charge < -0.3 is 14.2 Å². The maximum atomic E-state index is 6.16. The van der Waals surface area contributed by atoms with Crippen LogP contribution in [0.3, 0.4) is 0 Å². The Labute approximate surface area is 142 Å². The molecule has 1 unspecified atom stereocenters. The van der Waals surface area contributed by atoms with Gasteiger partial charge >= 0.3 is 0 Å². The summed E-state index contributed by atoms with van der Waals surface area (Å²) in [4.78, 5) is 9.13. The number of aryl methyl sites for hydroxylation is 1. The van der Waals surface area contributed by atoms with Crippen molar-refractivity contribution >= 4 is 27.8 Å². The van der Waals surface area contributed by atoms with Crippen molar-refractivity contribution in [3.63, 3.8) is 0 Å². The number of nitrogens with zero attached hydrogens (tertiary/aromatic N) is 3. The van der Waals surface area contributed by atoms with Crippen molar-refractivity contribution in [3.8, 4) is 0 Å². The average molecular weight is 321 g/mol. The third kappa shape index (κ3) is 2.09. The Morgan fingerprint density at radius 3 is 2.75 bits per heavy atom. The minimum Gasteiger partial charge on any atom is -0.435 e. The average Bonchev–Trinajstić information content (AvgIpc) is 3.15. The van der Waals surface area contributed by atoms with Crippen molar-refractivity contribution in [3.05, 3.63) is 48.4 Å². The fourth-order valence-electron chi connectivity index (χ4n) is 3.72. The first-order valence-corrected chi connectivity index (χ1v) is 8.62. The molecule has 2 aromatic heterocycles. The van der Waals surface area contributed by atoms with Gasteiger partial charge in [-0.1, -0.05) is 19.1 Å². The molecule has 0 spiro atoms. The summed E-state index contributed by atoms with van der Waals surface area (Å²) in [6.45, 7) is 8.84. The first-order chi connectivity index (χ1) is 11.6. The van der Waals surface area contributed by atoms with E-state index < -0.39 is 0 Å². The standard InChI is InChI=1S/C20H23N3O/c1-5-17-22(13(2)3)11-12-23(17)18-14(4)8-9-15-16-7-6-10-21-20(16)24-19(15)18/h6-13,17H,5H2,1-4H3. The Kier molecular flexibility index (Phi) is 3.48. The van der Waals surface area contributed by atoms with Gasteiger partial charge in [-0.25, -0.2) is 4.98 Å². The van der Waals surface area contributed by atoms with Crippen LogP contribution in [0.25, 0.3) is 22.1 Å². The lowest BCUT2D eigenvalue weighted by Crippen LogP contribution is -2.41. The second-order valence-corrected chi connectivity index (χ2v) is 6.70. The van der Waals surface area contributed by atoms with Crippen LogP contribution in [0.1, 0.15) is 32.8 Å². The zero-order valence-corrected chi connectivity index (χ0v) is 14.7. The summed E-state index contributed by atoms with van der Waals surface area (Å²) in [6, 6.07) is 8.82. The molecule has 3 heterocycles. The van der Waals surface area contributed by atoms with E-state index in [-0.39, 0.29) is 0 Å². The predicted molar refractivity (Wildman–Crippen MR) is 98.9 cm³/mol. The summed E-state index contributed by atoms with van der Waals surface area (Å²) in [6.07, 6.45) is 7.51. The van der Waals surface area contributed by atoms with Crippen molar-refractivity contribution in [2.24, 2.45) is 0 Å². The normalized spacial score (nSPS) is 17.8. The SMILES string of the molecule is CCC1N(c2c(C)ccc3c2oc2ncccc23)C=CN1C(C)C. The number of benzene rings is 1. The van der Waals surface area contributed by atoms with Gasteiger partial charge in [-0.05, 0) is 44.9 Å². The third-order valence-electron chi connectivity index (χ3n) is 4.88. The molecule has 124 valence electrons. The molecule has 1 aliphatic heterocycles. The molecule has 0 saturated carbocycles. The van der Waals surface area contributed by atoms with Crippen LogP contribution in [0.4, 0.5) is 5.69 Å². The maximum Gasteiger partial charge on any atom is 0.227 e. The summed E-state index contributed by atoms with van der Waals surface area (Å²) in [5.41, 5.74) is 4.00. The van der Waals surface area contributed by atoms with E-state index in [0.717, 1.165) is 28.5 Å². The van der Waals surface area contributed by atoms with E-state index in [4.69, 9.17) is 4.42 Å². The van der Waals surface area contributed by atoms with Crippen LogP contribution in [0.5, 0.6) is 0 Å². The smallest absolute Gasteiger partial charge is 0.227 e. The van der Waals surface area contributed by atoms with Gasteiger partial charge in [0.25, 0.3) is 0 Å². The van der Waals surface area contributed by atoms with Gasteiger partial charge in [-0.3, -0.25) is 0 Å². The zero-order valence-electron chi connectivity index (χ0n) is 14.7. The van der Waals surface area contributed by atoms with Crippen LogP contribution in [-0.2, 0) is 0 Å². The topological polar surface area (TPSA) is 32.5 Å². The van der Waals surface area contributed by atoms with Crippen LogP contribution in [0, 0.1) is 6.92 Å². The van der Waals surface area contributed by atoms with Gasteiger partial charge in [-0.15, -0.1) is 0 Å². The van der Waals surface area contributed by atoms with E-state index in [1.165, 1.54) is 5.56 Å². The first kappa shape index (κ1) is 15.1. The quantitative estimate of drug-likeness (QED) is 0.677. The van der Waals surface area contributed by atoms with Crippen LogP contribution in [0.2, 0.25) is 0 Å². The highest BCUT2D eigenvalue weighted by Crippen LogP contribution is 2.39. The van der Waals surface area contributed by atoms with Gasteiger partial charge in [0.15, 0.2) is 5.58 Å². The molecule has 0 fully saturated rings. The number of pyridine rings is 1. The Bertz CT molecular complexity index is 925. The first-order valence-electron chi connectivity index (χ1n) is 8.62. The van der Waals surface area contributed by atoms with Gasteiger partial charge in [0.2, 0.25) is 5.71 Å². The summed E-state index contributed by atoms with van der Waals surface area (Å²) >= 11 is 0. The highest BCUT2D eigenvalue weighted by Gasteiger charge is 2.30. The lowest BCUT2D eigenvalue weighted by molar-refractivity contribution is 0.243. The van der Waals surface area contributed by atoms with Crippen molar-refractivity contribution in [2.75, 3.05) is 4.90 Å². The second kappa shape index (κ2) is 5.55. The fourth-order valence-corrected chi connectivity index (χ4v) is 3.72. The maximum absolute atomic E-state index is 6.16. The summed E-state index contributed by atoms with van der Waals surface area (Å²) in [5, 5.41) is 2.20. The summed E-state index contributed by atoms with van der Waals surface area (Å²) in [7, 11) is 0. The van der Waals surface area contributed by atoms with E-state index in [2.05, 4.69) is 73.1 Å². The molecular formula is C20H23N3O. The zero-order chi connectivity index (χ0) is 16.8.